The molecule has 4 nitrogen and oxygen atoms in total. The lowest BCUT2D eigenvalue weighted by molar-refractivity contribution is 0.372. The van der Waals surface area contributed by atoms with Crippen molar-refractivity contribution in [3.05, 3.63) is 0 Å². The third-order valence-corrected chi connectivity index (χ3v) is 4.38. The molecule has 4 atom stereocenters. The van der Waals surface area contributed by atoms with Crippen molar-refractivity contribution in [3.8, 4) is 0 Å². The maximum atomic E-state index is 3.43. The van der Waals surface area contributed by atoms with Crippen molar-refractivity contribution in [3.63, 3.8) is 0 Å². The van der Waals surface area contributed by atoms with E-state index >= 15 is 0 Å². The first-order valence-corrected chi connectivity index (χ1v) is 8.68. The van der Waals surface area contributed by atoms with Crippen molar-refractivity contribution < 1.29 is 0 Å². The summed E-state index contributed by atoms with van der Waals surface area (Å²) >= 11 is 0. The lowest BCUT2D eigenvalue weighted by Gasteiger charge is -2.21. The first-order chi connectivity index (χ1) is 9.98. The predicted octanol–water partition coefficient (Wildman–Crippen LogP) is 2.07. The van der Waals surface area contributed by atoms with Gasteiger partial charge >= 0.3 is 0 Å². The molecule has 0 rings (SSSR count). The molecule has 0 amide bonds. The number of rotatable bonds is 11. The molecule has 0 bridgehead atoms. The van der Waals surface area contributed by atoms with E-state index in [2.05, 4.69) is 55.9 Å². The molecule has 0 aromatic rings. The van der Waals surface area contributed by atoms with Crippen LogP contribution in [0.15, 0.2) is 0 Å². The maximum absolute atomic E-state index is 3.43. The van der Waals surface area contributed by atoms with Crippen molar-refractivity contribution in [2.75, 3.05) is 40.8 Å². The third kappa shape index (κ3) is 13.2. The van der Waals surface area contributed by atoms with Gasteiger partial charge in [0.15, 0.2) is 0 Å². The highest BCUT2D eigenvalue weighted by molar-refractivity contribution is 4.70. The van der Waals surface area contributed by atoms with Crippen molar-refractivity contribution in [1.82, 2.24) is 21.3 Å². The minimum atomic E-state index is 0.623. The highest BCUT2D eigenvalue weighted by atomic mass is 14.9. The highest BCUT2D eigenvalue weighted by Gasteiger charge is 2.11. The van der Waals surface area contributed by atoms with E-state index in [4.69, 9.17) is 0 Å². The molecule has 4 heteroatoms. The highest BCUT2D eigenvalue weighted by Crippen LogP contribution is 2.06. The molecule has 0 aliphatic carbocycles. The van der Waals surface area contributed by atoms with E-state index in [9.17, 15) is 0 Å². The van der Waals surface area contributed by atoms with Gasteiger partial charge in [-0.25, -0.2) is 0 Å². The second kappa shape index (κ2) is 16.2. The molecule has 0 aliphatic heterocycles. The molecule has 4 N–H and O–H groups in total. The smallest absolute Gasteiger partial charge is 0.00760 e. The van der Waals surface area contributed by atoms with Crippen molar-refractivity contribution in [2.24, 2.45) is 11.8 Å². The first-order valence-electron chi connectivity index (χ1n) is 8.68. The van der Waals surface area contributed by atoms with Crippen LogP contribution in [0.4, 0.5) is 0 Å². The van der Waals surface area contributed by atoms with Gasteiger partial charge in [-0.05, 0) is 72.9 Å². The largest absolute Gasteiger partial charge is 0.320 e. The second-order valence-electron chi connectivity index (χ2n) is 6.02. The summed E-state index contributed by atoms with van der Waals surface area (Å²) < 4.78 is 0. The quantitative estimate of drug-likeness (QED) is 0.472. The summed E-state index contributed by atoms with van der Waals surface area (Å²) in [5, 5.41) is 13.0. The van der Waals surface area contributed by atoms with Crippen LogP contribution in [0.3, 0.4) is 0 Å². The standard InChI is InChI=1S/C9H22N2.C8H20N2/c1-5-11-9(3)8(2)6-7-10-4;1-5-8(6-9-3)7(2)10-4/h8-11H,5-7H2,1-4H3;7-10H,5-6H2,1-4H3. The Hall–Kier alpha value is -0.160. The zero-order valence-electron chi connectivity index (χ0n) is 15.8. The Kier molecular flexibility index (Phi) is 17.8. The minimum absolute atomic E-state index is 0.623. The first kappa shape index (κ1) is 23.1. The average Bonchev–Trinajstić information content (AvgIpc) is 2.50. The monoisotopic (exact) mass is 302 g/mol. The summed E-state index contributed by atoms with van der Waals surface area (Å²) in [5.41, 5.74) is 0. The third-order valence-electron chi connectivity index (χ3n) is 4.38. The Bertz CT molecular complexity index is 199. The molecular formula is C17H42N4. The van der Waals surface area contributed by atoms with E-state index in [0.29, 0.717) is 12.1 Å². The summed E-state index contributed by atoms with van der Waals surface area (Å²) in [5.74, 6) is 1.53. The van der Waals surface area contributed by atoms with Gasteiger partial charge in [-0.2, -0.15) is 0 Å². The lowest BCUT2D eigenvalue weighted by Crippen LogP contribution is -2.35. The van der Waals surface area contributed by atoms with Gasteiger partial charge in [0.25, 0.3) is 0 Å². The second-order valence-corrected chi connectivity index (χ2v) is 6.02. The lowest BCUT2D eigenvalue weighted by atomic mass is 9.99. The van der Waals surface area contributed by atoms with Gasteiger partial charge in [0.1, 0.15) is 0 Å². The van der Waals surface area contributed by atoms with Gasteiger partial charge in [-0.1, -0.05) is 27.2 Å². The van der Waals surface area contributed by atoms with Crippen LogP contribution >= 0.6 is 0 Å². The van der Waals surface area contributed by atoms with Crippen molar-refractivity contribution in [2.45, 2.75) is 59.5 Å². The van der Waals surface area contributed by atoms with E-state index in [1.54, 1.807) is 0 Å². The van der Waals surface area contributed by atoms with E-state index in [1.807, 2.05) is 21.1 Å². The zero-order chi connectivity index (χ0) is 16.7. The van der Waals surface area contributed by atoms with Gasteiger partial charge in [0.05, 0.1) is 0 Å². The van der Waals surface area contributed by atoms with E-state index in [0.717, 1.165) is 31.5 Å². The van der Waals surface area contributed by atoms with Crippen LogP contribution in [0.25, 0.3) is 0 Å². The van der Waals surface area contributed by atoms with Crippen molar-refractivity contribution >= 4 is 0 Å². The number of nitrogens with one attached hydrogen (secondary N) is 4. The Morgan fingerprint density at radius 3 is 1.86 bits per heavy atom. The van der Waals surface area contributed by atoms with E-state index in [1.165, 1.54) is 12.8 Å². The average molecular weight is 303 g/mol. The predicted molar refractivity (Wildman–Crippen MR) is 97.1 cm³/mol. The van der Waals surface area contributed by atoms with Crippen LogP contribution in [0.1, 0.15) is 47.5 Å². The molecule has 130 valence electrons. The van der Waals surface area contributed by atoms with Gasteiger partial charge in [0, 0.05) is 12.1 Å². The Morgan fingerprint density at radius 1 is 0.857 bits per heavy atom. The summed E-state index contributed by atoms with van der Waals surface area (Å²) in [7, 11) is 6.03. The fourth-order valence-electron chi connectivity index (χ4n) is 2.32. The number of hydrogen-bond donors (Lipinski definition) is 4. The molecule has 0 spiro atoms. The van der Waals surface area contributed by atoms with E-state index < -0.39 is 0 Å². The van der Waals surface area contributed by atoms with Crippen LogP contribution in [-0.2, 0) is 0 Å². The molecule has 0 saturated heterocycles. The maximum Gasteiger partial charge on any atom is 0.00760 e. The molecule has 0 aliphatic rings. The zero-order valence-corrected chi connectivity index (χ0v) is 15.8. The van der Waals surface area contributed by atoms with Crippen molar-refractivity contribution in [1.29, 1.82) is 0 Å². The van der Waals surface area contributed by atoms with Gasteiger partial charge < -0.3 is 21.3 Å². The topological polar surface area (TPSA) is 48.1 Å². The Balaban J connectivity index is 0. The van der Waals surface area contributed by atoms with Crippen LogP contribution in [-0.4, -0.2) is 52.9 Å². The van der Waals surface area contributed by atoms with Gasteiger partial charge in [0.2, 0.25) is 0 Å². The minimum Gasteiger partial charge on any atom is -0.320 e. The molecule has 21 heavy (non-hydrogen) atoms. The normalized spacial score (nSPS) is 16.6. The molecule has 0 aromatic heterocycles. The number of hydrogen-bond acceptors (Lipinski definition) is 4. The molecule has 0 heterocycles. The van der Waals surface area contributed by atoms with Crippen LogP contribution in [0.2, 0.25) is 0 Å². The molecule has 4 unspecified atom stereocenters. The van der Waals surface area contributed by atoms with E-state index in [-0.39, 0.29) is 0 Å². The van der Waals surface area contributed by atoms with Crippen LogP contribution in [0.5, 0.6) is 0 Å². The molecule has 0 aromatic carbocycles. The van der Waals surface area contributed by atoms with Gasteiger partial charge in [-0.15, -0.1) is 0 Å². The van der Waals surface area contributed by atoms with Crippen LogP contribution < -0.4 is 21.3 Å². The Labute approximate surface area is 134 Å². The summed E-state index contributed by atoms with van der Waals surface area (Å²) in [6.45, 7) is 14.5. The molecule has 0 saturated carbocycles. The molecule has 0 fully saturated rings. The summed E-state index contributed by atoms with van der Waals surface area (Å²) in [6, 6.07) is 1.27. The SMILES string of the molecule is CCC(CNC)C(C)NC.CCNC(C)C(C)CCNC. The fourth-order valence-corrected chi connectivity index (χ4v) is 2.32. The fraction of sp³-hybridized carbons (Fsp3) is 1.00. The van der Waals surface area contributed by atoms with Gasteiger partial charge in [-0.3, -0.25) is 0 Å². The summed E-state index contributed by atoms with van der Waals surface area (Å²) in [6.07, 6.45) is 2.49. The van der Waals surface area contributed by atoms with Crippen LogP contribution in [0, 0.1) is 11.8 Å². The molecule has 0 radical (unpaired) electrons. The molecular weight excluding hydrogens is 260 g/mol. The summed E-state index contributed by atoms with van der Waals surface area (Å²) in [4.78, 5) is 0. The Morgan fingerprint density at radius 2 is 1.48 bits per heavy atom.